The summed E-state index contributed by atoms with van der Waals surface area (Å²) in [6, 6.07) is 7.75. The molecule has 4 rings (SSSR count). The number of imidazole rings is 1. The summed E-state index contributed by atoms with van der Waals surface area (Å²) in [5.74, 6) is -0.153. The lowest BCUT2D eigenvalue weighted by molar-refractivity contribution is -0.133. The summed E-state index contributed by atoms with van der Waals surface area (Å²) >= 11 is 12.3. The van der Waals surface area contributed by atoms with E-state index in [1.165, 1.54) is 23.2 Å². The summed E-state index contributed by atoms with van der Waals surface area (Å²) in [5, 5.41) is 0.709. The zero-order chi connectivity index (χ0) is 22.3. The number of hydrogen-bond donors (Lipinski definition) is 0. The highest BCUT2D eigenvalue weighted by Gasteiger charge is 2.25. The largest absolute Gasteiger partial charge is 0.339 e. The Balaban J connectivity index is 1.47. The van der Waals surface area contributed by atoms with Crippen LogP contribution in [0, 0.1) is 0 Å². The van der Waals surface area contributed by atoms with Gasteiger partial charge in [0, 0.05) is 51.8 Å². The molecule has 164 valence electrons. The van der Waals surface area contributed by atoms with E-state index in [2.05, 4.69) is 9.88 Å². The summed E-state index contributed by atoms with van der Waals surface area (Å²) in [6.07, 6.45) is 0. The minimum absolute atomic E-state index is 0.00115. The first-order valence-electron chi connectivity index (χ1n) is 9.82. The summed E-state index contributed by atoms with van der Waals surface area (Å²) in [6.45, 7) is 3.25. The first kappa shape index (κ1) is 21.6. The lowest BCUT2D eigenvalue weighted by atomic mass is 10.2. The Kier molecular flexibility index (Phi) is 5.92. The number of piperazine rings is 1. The second-order valence-corrected chi connectivity index (χ2v) is 8.41. The number of nitrogens with zero attached hydrogens (tertiary/aromatic N) is 6. The van der Waals surface area contributed by atoms with Crippen molar-refractivity contribution in [1.29, 1.82) is 0 Å². The SMILES string of the molecule is Cn1c(=O)c2c(nc(Cl)n2CC(=O)N2CCN(Cc3cccc(Cl)c3)CC2)n(C)c1=O. The smallest absolute Gasteiger partial charge is 0.332 e. The van der Waals surface area contributed by atoms with Gasteiger partial charge in [-0.15, -0.1) is 0 Å². The minimum Gasteiger partial charge on any atom is -0.339 e. The molecule has 1 saturated heterocycles. The number of aryl methyl sites for hydroxylation is 1. The van der Waals surface area contributed by atoms with Gasteiger partial charge in [0.25, 0.3) is 5.56 Å². The third-order valence-electron chi connectivity index (χ3n) is 5.61. The zero-order valence-electron chi connectivity index (χ0n) is 17.2. The predicted octanol–water partition coefficient (Wildman–Crippen LogP) is 1.08. The highest BCUT2D eigenvalue weighted by atomic mass is 35.5. The molecule has 2 aromatic heterocycles. The molecule has 1 fully saturated rings. The van der Waals surface area contributed by atoms with Gasteiger partial charge < -0.3 is 4.90 Å². The van der Waals surface area contributed by atoms with E-state index in [1.807, 2.05) is 24.3 Å². The normalized spacial score (nSPS) is 15.0. The van der Waals surface area contributed by atoms with Gasteiger partial charge in [0.15, 0.2) is 11.2 Å². The number of carbonyl (C=O) groups excluding carboxylic acids is 1. The maximum Gasteiger partial charge on any atom is 0.332 e. The molecule has 11 heteroatoms. The van der Waals surface area contributed by atoms with E-state index in [0.717, 1.165) is 29.8 Å². The van der Waals surface area contributed by atoms with Gasteiger partial charge in [0.1, 0.15) is 6.54 Å². The van der Waals surface area contributed by atoms with Gasteiger partial charge in [-0.1, -0.05) is 23.7 Å². The fourth-order valence-electron chi connectivity index (χ4n) is 3.85. The minimum atomic E-state index is -0.531. The molecular formula is C20H22Cl2N6O3. The molecule has 0 unspecified atom stereocenters. The average Bonchev–Trinajstić information content (AvgIpc) is 3.07. The molecule has 3 aromatic rings. The van der Waals surface area contributed by atoms with Crippen LogP contribution in [0.25, 0.3) is 11.2 Å². The van der Waals surface area contributed by atoms with Crippen LogP contribution in [-0.4, -0.2) is 60.6 Å². The second-order valence-electron chi connectivity index (χ2n) is 7.63. The van der Waals surface area contributed by atoms with Crippen LogP contribution in [-0.2, 0) is 32.0 Å². The van der Waals surface area contributed by atoms with Crippen LogP contribution in [0.1, 0.15) is 5.56 Å². The molecule has 1 amide bonds. The molecule has 0 spiro atoms. The number of fused-ring (bicyclic) bond motifs is 1. The molecule has 0 saturated carbocycles. The van der Waals surface area contributed by atoms with Gasteiger partial charge in [-0.05, 0) is 29.3 Å². The van der Waals surface area contributed by atoms with Crippen LogP contribution >= 0.6 is 23.2 Å². The van der Waals surface area contributed by atoms with Crippen molar-refractivity contribution in [2.24, 2.45) is 14.1 Å². The average molecular weight is 465 g/mol. The van der Waals surface area contributed by atoms with E-state index in [9.17, 15) is 14.4 Å². The van der Waals surface area contributed by atoms with Crippen molar-refractivity contribution in [3.05, 3.63) is 61.0 Å². The van der Waals surface area contributed by atoms with E-state index in [1.54, 1.807) is 4.90 Å². The first-order chi connectivity index (χ1) is 14.8. The summed E-state index contributed by atoms with van der Waals surface area (Å²) in [4.78, 5) is 45.8. The number of halogens is 2. The topological polar surface area (TPSA) is 85.4 Å². The Morgan fingerprint density at radius 1 is 1.06 bits per heavy atom. The highest BCUT2D eigenvalue weighted by molar-refractivity contribution is 6.30. The maximum atomic E-state index is 12.9. The van der Waals surface area contributed by atoms with Crippen molar-refractivity contribution in [2.45, 2.75) is 13.1 Å². The Morgan fingerprint density at radius 3 is 2.45 bits per heavy atom. The van der Waals surface area contributed by atoms with Crippen molar-refractivity contribution in [1.82, 2.24) is 28.5 Å². The van der Waals surface area contributed by atoms with Crippen molar-refractivity contribution >= 4 is 40.3 Å². The first-order valence-corrected chi connectivity index (χ1v) is 10.6. The molecule has 1 aromatic carbocycles. The van der Waals surface area contributed by atoms with Crippen molar-refractivity contribution in [3.8, 4) is 0 Å². The van der Waals surface area contributed by atoms with Crippen LogP contribution in [0.2, 0.25) is 10.3 Å². The monoisotopic (exact) mass is 464 g/mol. The molecule has 31 heavy (non-hydrogen) atoms. The van der Waals surface area contributed by atoms with Gasteiger partial charge in [0.2, 0.25) is 11.2 Å². The van der Waals surface area contributed by atoms with E-state index in [4.69, 9.17) is 23.2 Å². The van der Waals surface area contributed by atoms with E-state index < -0.39 is 11.2 Å². The number of amides is 1. The lowest BCUT2D eigenvalue weighted by Crippen LogP contribution is -2.49. The third kappa shape index (κ3) is 4.13. The number of aromatic nitrogens is 4. The van der Waals surface area contributed by atoms with Gasteiger partial charge in [-0.3, -0.25) is 28.2 Å². The summed E-state index contributed by atoms with van der Waals surface area (Å²) in [5.41, 5.74) is 0.405. The van der Waals surface area contributed by atoms with Crippen LogP contribution in [0.3, 0.4) is 0 Å². The van der Waals surface area contributed by atoms with Crippen LogP contribution < -0.4 is 11.2 Å². The Morgan fingerprint density at radius 2 is 1.77 bits per heavy atom. The van der Waals surface area contributed by atoms with Crippen LogP contribution in [0.5, 0.6) is 0 Å². The van der Waals surface area contributed by atoms with Gasteiger partial charge in [0.05, 0.1) is 0 Å². The van der Waals surface area contributed by atoms with Gasteiger partial charge in [-0.2, -0.15) is 4.98 Å². The molecule has 0 atom stereocenters. The Hall–Kier alpha value is -2.62. The van der Waals surface area contributed by atoms with E-state index in [-0.39, 0.29) is 28.9 Å². The quantitative estimate of drug-likeness (QED) is 0.539. The fourth-order valence-corrected chi connectivity index (χ4v) is 4.29. The lowest BCUT2D eigenvalue weighted by Gasteiger charge is -2.35. The molecule has 9 nitrogen and oxygen atoms in total. The highest BCUT2D eigenvalue weighted by Crippen LogP contribution is 2.17. The Labute approximate surface area is 188 Å². The fraction of sp³-hybridized carbons (Fsp3) is 0.400. The van der Waals surface area contributed by atoms with E-state index in [0.29, 0.717) is 18.1 Å². The number of hydrogen-bond acceptors (Lipinski definition) is 5. The number of carbonyl (C=O) groups is 1. The Bertz CT molecular complexity index is 1270. The molecule has 3 heterocycles. The molecule has 0 bridgehead atoms. The second kappa shape index (κ2) is 8.49. The zero-order valence-corrected chi connectivity index (χ0v) is 18.7. The van der Waals surface area contributed by atoms with Crippen LogP contribution in [0.4, 0.5) is 0 Å². The van der Waals surface area contributed by atoms with Gasteiger partial charge >= 0.3 is 5.69 Å². The predicted molar refractivity (Wildman–Crippen MR) is 119 cm³/mol. The number of rotatable bonds is 4. The standard InChI is InChI=1S/C20H22Cl2N6O3/c1-24-17-16(18(30)25(2)20(24)31)28(19(22)23-17)12-15(29)27-8-6-26(7-9-27)11-13-4-3-5-14(21)10-13/h3-5,10H,6-9,11-12H2,1-2H3. The van der Waals surface area contributed by atoms with Crippen LogP contribution in [0.15, 0.2) is 33.9 Å². The van der Waals surface area contributed by atoms with Crippen molar-refractivity contribution in [2.75, 3.05) is 26.2 Å². The van der Waals surface area contributed by atoms with Gasteiger partial charge in [-0.25, -0.2) is 4.79 Å². The molecule has 0 aliphatic carbocycles. The molecular weight excluding hydrogens is 443 g/mol. The summed E-state index contributed by atoms with van der Waals surface area (Å²) < 4.78 is 3.60. The molecule has 1 aliphatic heterocycles. The number of benzene rings is 1. The summed E-state index contributed by atoms with van der Waals surface area (Å²) in [7, 11) is 2.90. The third-order valence-corrected chi connectivity index (χ3v) is 6.14. The molecule has 0 N–H and O–H groups in total. The molecule has 0 radical (unpaired) electrons. The maximum absolute atomic E-state index is 12.9. The van der Waals surface area contributed by atoms with E-state index >= 15 is 0 Å². The van der Waals surface area contributed by atoms with Crippen molar-refractivity contribution in [3.63, 3.8) is 0 Å². The van der Waals surface area contributed by atoms with Crippen molar-refractivity contribution < 1.29 is 4.79 Å². The molecule has 1 aliphatic rings.